The molecule has 3 nitrogen and oxygen atoms in total. The summed E-state index contributed by atoms with van der Waals surface area (Å²) in [7, 11) is 0. The topological polar surface area (TPSA) is 35.5 Å². The Bertz CT molecular complexity index is 533. The molecule has 0 radical (unpaired) electrons. The van der Waals surface area contributed by atoms with E-state index < -0.39 is 0 Å². The van der Waals surface area contributed by atoms with Crippen LogP contribution in [0.25, 0.3) is 6.08 Å². The Morgan fingerprint density at radius 3 is 2.04 bits per heavy atom. The second-order valence-corrected chi connectivity index (χ2v) is 7.59. The Labute approximate surface area is 172 Å². The van der Waals surface area contributed by atoms with Gasteiger partial charge in [0.15, 0.2) is 0 Å². The van der Waals surface area contributed by atoms with Crippen molar-refractivity contribution in [2.24, 2.45) is 0 Å². The third-order valence-electron chi connectivity index (χ3n) is 4.95. The van der Waals surface area contributed by atoms with Crippen molar-refractivity contribution in [3.63, 3.8) is 0 Å². The summed E-state index contributed by atoms with van der Waals surface area (Å²) in [6.07, 6.45) is 17.4. The Balaban J connectivity index is 2.09. The predicted octanol–water partition coefficient (Wildman–Crippen LogP) is 7.34. The standard InChI is InChI=1S/C25H40O3/c1-4-6-7-8-9-10-11-12-13-14-21-27-24-18-15-23(16-19-24)17-20-25(26)28-22(3)5-2/h15-20,22H,4-14,21H2,1-3H3. The monoisotopic (exact) mass is 388 g/mol. The van der Waals surface area contributed by atoms with Gasteiger partial charge in [-0.1, -0.05) is 83.8 Å². The molecule has 3 heteroatoms. The third-order valence-corrected chi connectivity index (χ3v) is 4.95. The normalized spacial score (nSPS) is 12.2. The number of hydrogen-bond acceptors (Lipinski definition) is 3. The molecule has 0 spiro atoms. The summed E-state index contributed by atoms with van der Waals surface area (Å²) >= 11 is 0. The lowest BCUT2D eigenvalue weighted by Crippen LogP contribution is -2.11. The first-order valence-electron chi connectivity index (χ1n) is 11.3. The second kappa shape index (κ2) is 16.2. The van der Waals surface area contributed by atoms with E-state index in [9.17, 15) is 4.79 Å². The van der Waals surface area contributed by atoms with Crippen LogP contribution in [0.5, 0.6) is 5.75 Å². The molecule has 28 heavy (non-hydrogen) atoms. The van der Waals surface area contributed by atoms with Gasteiger partial charge < -0.3 is 9.47 Å². The summed E-state index contributed by atoms with van der Waals surface area (Å²) in [4.78, 5) is 11.6. The molecule has 0 N–H and O–H groups in total. The quantitative estimate of drug-likeness (QED) is 0.169. The lowest BCUT2D eigenvalue weighted by Gasteiger charge is -2.08. The van der Waals surface area contributed by atoms with Crippen LogP contribution in [0.1, 0.15) is 97.0 Å². The predicted molar refractivity (Wildman–Crippen MR) is 119 cm³/mol. The van der Waals surface area contributed by atoms with Crippen molar-refractivity contribution in [1.29, 1.82) is 0 Å². The molecular formula is C25H40O3. The van der Waals surface area contributed by atoms with Crippen LogP contribution in [0.3, 0.4) is 0 Å². The van der Waals surface area contributed by atoms with E-state index in [1.807, 2.05) is 38.1 Å². The maximum absolute atomic E-state index is 11.6. The maximum atomic E-state index is 11.6. The fourth-order valence-corrected chi connectivity index (χ4v) is 2.94. The molecule has 0 heterocycles. The van der Waals surface area contributed by atoms with Crippen LogP contribution in [0, 0.1) is 0 Å². The number of carbonyl (C=O) groups excluding carboxylic acids is 1. The van der Waals surface area contributed by atoms with Crippen LogP contribution >= 0.6 is 0 Å². The smallest absolute Gasteiger partial charge is 0.331 e. The molecule has 1 aromatic rings. The number of benzene rings is 1. The molecule has 0 saturated carbocycles. The van der Waals surface area contributed by atoms with Crippen molar-refractivity contribution >= 4 is 12.0 Å². The zero-order valence-corrected chi connectivity index (χ0v) is 18.3. The van der Waals surface area contributed by atoms with Crippen molar-refractivity contribution in [2.75, 3.05) is 6.61 Å². The van der Waals surface area contributed by atoms with E-state index in [-0.39, 0.29) is 12.1 Å². The van der Waals surface area contributed by atoms with Gasteiger partial charge in [0, 0.05) is 6.08 Å². The molecule has 0 fully saturated rings. The molecule has 0 amide bonds. The molecule has 1 aromatic carbocycles. The largest absolute Gasteiger partial charge is 0.494 e. The first kappa shape index (κ1) is 24.3. The van der Waals surface area contributed by atoms with Crippen LogP contribution in [-0.4, -0.2) is 18.7 Å². The van der Waals surface area contributed by atoms with E-state index in [1.165, 1.54) is 63.9 Å². The van der Waals surface area contributed by atoms with Crippen LogP contribution in [0.2, 0.25) is 0 Å². The van der Waals surface area contributed by atoms with Crippen LogP contribution < -0.4 is 4.74 Å². The summed E-state index contributed by atoms with van der Waals surface area (Å²) in [5, 5.41) is 0. The third kappa shape index (κ3) is 12.6. The van der Waals surface area contributed by atoms with Crippen LogP contribution in [0.15, 0.2) is 30.3 Å². The Hall–Kier alpha value is -1.77. The van der Waals surface area contributed by atoms with E-state index in [1.54, 1.807) is 6.08 Å². The lowest BCUT2D eigenvalue weighted by atomic mass is 10.1. The number of esters is 1. The van der Waals surface area contributed by atoms with Crippen molar-refractivity contribution in [1.82, 2.24) is 0 Å². The van der Waals surface area contributed by atoms with E-state index >= 15 is 0 Å². The van der Waals surface area contributed by atoms with E-state index in [4.69, 9.17) is 9.47 Å². The lowest BCUT2D eigenvalue weighted by molar-refractivity contribution is -0.142. The molecule has 1 atom stereocenters. The van der Waals surface area contributed by atoms with Gasteiger partial charge in [-0.15, -0.1) is 0 Å². The van der Waals surface area contributed by atoms with Gasteiger partial charge in [-0.2, -0.15) is 0 Å². The number of unbranched alkanes of at least 4 members (excludes halogenated alkanes) is 9. The number of carbonyl (C=O) groups is 1. The molecule has 0 bridgehead atoms. The van der Waals surface area contributed by atoms with Crippen LogP contribution in [0.4, 0.5) is 0 Å². The van der Waals surface area contributed by atoms with Gasteiger partial charge >= 0.3 is 5.97 Å². The molecule has 0 aliphatic carbocycles. The minimum absolute atomic E-state index is 0.0429. The molecule has 1 rings (SSSR count). The highest BCUT2D eigenvalue weighted by atomic mass is 16.5. The van der Waals surface area contributed by atoms with Gasteiger partial charge in [0.1, 0.15) is 5.75 Å². The zero-order valence-electron chi connectivity index (χ0n) is 18.3. The fourth-order valence-electron chi connectivity index (χ4n) is 2.94. The van der Waals surface area contributed by atoms with Gasteiger partial charge in [0.05, 0.1) is 12.7 Å². The maximum Gasteiger partial charge on any atom is 0.331 e. The van der Waals surface area contributed by atoms with Crippen molar-refractivity contribution in [3.05, 3.63) is 35.9 Å². The Morgan fingerprint density at radius 1 is 0.893 bits per heavy atom. The highest BCUT2D eigenvalue weighted by Crippen LogP contribution is 2.15. The summed E-state index contributed by atoms with van der Waals surface area (Å²) in [6.45, 7) is 6.93. The summed E-state index contributed by atoms with van der Waals surface area (Å²) in [6, 6.07) is 7.83. The van der Waals surface area contributed by atoms with Gasteiger partial charge in [-0.3, -0.25) is 0 Å². The molecule has 1 unspecified atom stereocenters. The van der Waals surface area contributed by atoms with Gasteiger partial charge in [-0.25, -0.2) is 4.79 Å². The van der Waals surface area contributed by atoms with Gasteiger partial charge in [0.2, 0.25) is 0 Å². The Morgan fingerprint density at radius 2 is 1.46 bits per heavy atom. The summed E-state index contributed by atoms with van der Waals surface area (Å²) in [5.41, 5.74) is 0.965. The zero-order chi connectivity index (χ0) is 20.5. The molecule has 0 aliphatic rings. The Kier molecular flexibility index (Phi) is 14.0. The van der Waals surface area contributed by atoms with Gasteiger partial charge in [0.25, 0.3) is 0 Å². The van der Waals surface area contributed by atoms with E-state index in [2.05, 4.69) is 6.92 Å². The molecule has 0 aromatic heterocycles. The fraction of sp³-hybridized carbons (Fsp3) is 0.640. The van der Waals surface area contributed by atoms with Crippen molar-refractivity contribution in [3.8, 4) is 5.75 Å². The van der Waals surface area contributed by atoms with Gasteiger partial charge in [-0.05, 0) is 43.5 Å². The number of hydrogen-bond donors (Lipinski definition) is 0. The summed E-state index contributed by atoms with van der Waals surface area (Å²) < 4.78 is 11.0. The summed E-state index contributed by atoms with van der Waals surface area (Å²) in [5.74, 6) is 0.589. The average molecular weight is 389 g/mol. The van der Waals surface area contributed by atoms with Crippen molar-refractivity contribution in [2.45, 2.75) is 97.5 Å². The van der Waals surface area contributed by atoms with Crippen molar-refractivity contribution < 1.29 is 14.3 Å². The minimum atomic E-state index is -0.296. The first-order valence-corrected chi connectivity index (χ1v) is 11.3. The highest BCUT2D eigenvalue weighted by molar-refractivity contribution is 5.87. The molecule has 0 aliphatic heterocycles. The second-order valence-electron chi connectivity index (χ2n) is 7.59. The molecule has 0 saturated heterocycles. The minimum Gasteiger partial charge on any atom is -0.494 e. The van der Waals surface area contributed by atoms with Crippen LogP contribution in [-0.2, 0) is 9.53 Å². The average Bonchev–Trinajstić information content (AvgIpc) is 2.71. The SMILES string of the molecule is CCCCCCCCCCCCOc1ccc(C=CC(=O)OC(C)CC)cc1. The molecular weight excluding hydrogens is 348 g/mol. The molecule has 158 valence electrons. The van der Waals surface area contributed by atoms with E-state index in [0.29, 0.717) is 0 Å². The van der Waals surface area contributed by atoms with E-state index in [0.717, 1.165) is 30.8 Å². The number of ether oxygens (including phenoxy) is 2. The first-order chi connectivity index (χ1) is 13.7. The number of rotatable bonds is 16. The highest BCUT2D eigenvalue weighted by Gasteiger charge is 2.03.